The van der Waals surface area contributed by atoms with Crippen LogP contribution in [0.4, 0.5) is 10.1 Å². The van der Waals surface area contributed by atoms with Crippen molar-refractivity contribution in [1.29, 1.82) is 0 Å². The molecule has 2 amide bonds. The summed E-state index contributed by atoms with van der Waals surface area (Å²) in [5, 5.41) is 16.0. The van der Waals surface area contributed by atoms with E-state index >= 15 is 0 Å². The molecular weight excluding hydrogens is 281 g/mol. The first-order valence-electron chi connectivity index (χ1n) is 6.07. The van der Waals surface area contributed by atoms with E-state index < -0.39 is 23.4 Å². The molecule has 21 heavy (non-hydrogen) atoms. The summed E-state index contributed by atoms with van der Waals surface area (Å²) in [5.74, 6) is -3.18. The van der Waals surface area contributed by atoms with Crippen molar-refractivity contribution >= 4 is 29.2 Å². The summed E-state index contributed by atoms with van der Waals surface area (Å²) in [6.45, 7) is 0. The van der Waals surface area contributed by atoms with Gasteiger partial charge in [-0.05, 0) is 12.1 Å². The number of para-hydroxylation sites is 1. The van der Waals surface area contributed by atoms with Crippen LogP contribution in [0.3, 0.4) is 0 Å². The SMILES string of the molecule is CN1N=C(C(=O)Nc2c(F)cccc2C(=O)O)CCC1=O. The van der Waals surface area contributed by atoms with Crippen LogP contribution in [-0.4, -0.2) is 40.7 Å². The number of hydrogen-bond acceptors (Lipinski definition) is 4. The van der Waals surface area contributed by atoms with E-state index in [-0.39, 0.29) is 30.0 Å². The number of anilines is 1. The molecule has 0 aromatic heterocycles. The third-order valence-corrected chi connectivity index (χ3v) is 2.95. The first-order chi connectivity index (χ1) is 9.90. The number of nitrogens with zero attached hydrogens (tertiary/aromatic N) is 2. The van der Waals surface area contributed by atoms with Crippen LogP contribution in [0, 0.1) is 5.82 Å². The molecule has 0 radical (unpaired) electrons. The number of carbonyl (C=O) groups is 3. The Labute approximate surface area is 119 Å². The Morgan fingerprint density at radius 3 is 2.71 bits per heavy atom. The third-order valence-electron chi connectivity index (χ3n) is 2.95. The smallest absolute Gasteiger partial charge is 0.337 e. The molecule has 2 N–H and O–H groups in total. The average Bonchev–Trinajstić information content (AvgIpc) is 2.43. The van der Waals surface area contributed by atoms with Gasteiger partial charge in [0.15, 0.2) is 0 Å². The molecule has 0 saturated heterocycles. The highest BCUT2D eigenvalue weighted by atomic mass is 19.1. The lowest BCUT2D eigenvalue weighted by Gasteiger charge is -2.19. The Hall–Kier alpha value is -2.77. The van der Waals surface area contributed by atoms with Crippen LogP contribution in [0.15, 0.2) is 23.3 Å². The molecule has 1 aromatic rings. The predicted molar refractivity (Wildman–Crippen MR) is 71.4 cm³/mol. The highest BCUT2D eigenvalue weighted by Crippen LogP contribution is 2.20. The molecule has 110 valence electrons. The molecule has 7 nitrogen and oxygen atoms in total. The molecule has 0 saturated carbocycles. The van der Waals surface area contributed by atoms with Gasteiger partial charge in [-0.25, -0.2) is 14.2 Å². The molecule has 0 fully saturated rings. The largest absolute Gasteiger partial charge is 0.478 e. The van der Waals surface area contributed by atoms with E-state index in [0.717, 1.165) is 11.1 Å². The number of carboxylic acids is 1. The third kappa shape index (κ3) is 3.04. The van der Waals surface area contributed by atoms with Crippen LogP contribution < -0.4 is 5.32 Å². The Morgan fingerprint density at radius 1 is 1.38 bits per heavy atom. The molecule has 1 heterocycles. The number of halogens is 1. The average molecular weight is 293 g/mol. The number of aromatic carboxylic acids is 1. The van der Waals surface area contributed by atoms with Crippen LogP contribution in [0.5, 0.6) is 0 Å². The van der Waals surface area contributed by atoms with E-state index in [1.807, 2.05) is 0 Å². The van der Waals surface area contributed by atoms with Crippen molar-refractivity contribution in [3.05, 3.63) is 29.6 Å². The van der Waals surface area contributed by atoms with Crippen molar-refractivity contribution in [1.82, 2.24) is 5.01 Å². The second-order valence-electron chi connectivity index (χ2n) is 4.39. The van der Waals surface area contributed by atoms with Gasteiger partial charge in [0.05, 0.1) is 11.3 Å². The van der Waals surface area contributed by atoms with Gasteiger partial charge in [-0.3, -0.25) is 9.59 Å². The second kappa shape index (κ2) is 5.70. The highest BCUT2D eigenvalue weighted by molar-refractivity contribution is 6.43. The summed E-state index contributed by atoms with van der Waals surface area (Å²) in [6.07, 6.45) is 0.234. The summed E-state index contributed by atoms with van der Waals surface area (Å²) >= 11 is 0. The molecular formula is C13H12FN3O4. The quantitative estimate of drug-likeness (QED) is 0.870. The van der Waals surface area contributed by atoms with Gasteiger partial charge in [0.2, 0.25) is 5.91 Å². The maximum absolute atomic E-state index is 13.7. The molecule has 0 spiro atoms. The van der Waals surface area contributed by atoms with Crippen molar-refractivity contribution in [2.24, 2.45) is 5.10 Å². The van der Waals surface area contributed by atoms with Crippen LogP contribution in [0.1, 0.15) is 23.2 Å². The molecule has 1 aliphatic heterocycles. The fourth-order valence-corrected chi connectivity index (χ4v) is 1.85. The van der Waals surface area contributed by atoms with Gasteiger partial charge in [-0.2, -0.15) is 5.10 Å². The topological polar surface area (TPSA) is 99.1 Å². The fraction of sp³-hybridized carbons (Fsp3) is 0.231. The van der Waals surface area contributed by atoms with Gasteiger partial charge in [0, 0.05) is 19.9 Å². The summed E-state index contributed by atoms with van der Waals surface area (Å²) in [4.78, 5) is 34.3. The summed E-state index contributed by atoms with van der Waals surface area (Å²) in [5.41, 5.74) is -0.738. The Balaban J connectivity index is 2.27. The predicted octanol–water partition coefficient (Wildman–Crippen LogP) is 1.07. The highest BCUT2D eigenvalue weighted by Gasteiger charge is 2.24. The number of rotatable bonds is 3. The minimum Gasteiger partial charge on any atom is -0.478 e. The lowest BCUT2D eigenvalue weighted by atomic mass is 10.1. The first-order valence-corrected chi connectivity index (χ1v) is 6.07. The van der Waals surface area contributed by atoms with Crippen molar-refractivity contribution in [2.75, 3.05) is 12.4 Å². The minimum absolute atomic E-state index is 0.0386. The van der Waals surface area contributed by atoms with Gasteiger partial charge < -0.3 is 10.4 Å². The van der Waals surface area contributed by atoms with Crippen LogP contribution in [0.25, 0.3) is 0 Å². The van der Waals surface area contributed by atoms with Crippen LogP contribution in [0.2, 0.25) is 0 Å². The maximum atomic E-state index is 13.7. The zero-order valence-electron chi connectivity index (χ0n) is 11.1. The molecule has 0 bridgehead atoms. The second-order valence-corrected chi connectivity index (χ2v) is 4.39. The number of hydrogen-bond donors (Lipinski definition) is 2. The van der Waals surface area contributed by atoms with Crippen LogP contribution >= 0.6 is 0 Å². The molecule has 8 heteroatoms. The van der Waals surface area contributed by atoms with E-state index in [0.29, 0.717) is 0 Å². The van der Waals surface area contributed by atoms with E-state index in [2.05, 4.69) is 10.4 Å². The van der Waals surface area contributed by atoms with E-state index in [1.165, 1.54) is 19.2 Å². The van der Waals surface area contributed by atoms with Gasteiger partial charge in [0.25, 0.3) is 5.91 Å². The molecule has 1 aliphatic rings. The zero-order chi connectivity index (χ0) is 15.6. The van der Waals surface area contributed by atoms with E-state index in [9.17, 15) is 18.8 Å². The summed E-state index contributed by atoms with van der Waals surface area (Å²) < 4.78 is 13.7. The van der Waals surface area contributed by atoms with Crippen molar-refractivity contribution in [3.8, 4) is 0 Å². The first kappa shape index (κ1) is 14.6. The summed E-state index contributed by atoms with van der Waals surface area (Å²) in [6, 6.07) is 3.46. The standard InChI is InChI=1S/C13H12FN3O4/c1-17-10(18)6-5-9(16-17)12(19)15-11-7(13(20)21)3-2-4-8(11)14/h2-4H,5-6H2,1H3,(H,15,19)(H,20,21). The monoisotopic (exact) mass is 293 g/mol. The number of carboxylic acid groups (broad SMARTS) is 1. The molecule has 2 rings (SSSR count). The van der Waals surface area contributed by atoms with E-state index in [1.54, 1.807) is 0 Å². The maximum Gasteiger partial charge on any atom is 0.337 e. The van der Waals surface area contributed by atoms with Crippen molar-refractivity contribution in [3.63, 3.8) is 0 Å². The Bertz CT molecular complexity index is 657. The number of benzene rings is 1. The van der Waals surface area contributed by atoms with Gasteiger partial charge >= 0.3 is 5.97 Å². The van der Waals surface area contributed by atoms with E-state index in [4.69, 9.17) is 5.11 Å². The molecule has 1 aromatic carbocycles. The molecule has 0 atom stereocenters. The van der Waals surface area contributed by atoms with Crippen molar-refractivity contribution in [2.45, 2.75) is 12.8 Å². The molecule has 0 unspecified atom stereocenters. The fourth-order valence-electron chi connectivity index (χ4n) is 1.85. The molecule has 0 aliphatic carbocycles. The lowest BCUT2D eigenvalue weighted by molar-refractivity contribution is -0.130. The Morgan fingerprint density at radius 2 is 2.10 bits per heavy atom. The zero-order valence-corrected chi connectivity index (χ0v) is 11.1. The normalized spacial score (nSPS) is 14.7. The minimum atomic E-state index is -1.36. The van der Waals surface area contributed by atoms with Gasteiger partial charge in [0.1, 0.15) is 11.5 Å². The number of nitrogens with one attached hydrogen (secondary N) is 1. The van der Waals surface area contributed by atoms with Crippen LogP contribution in [-0.2, 0) is 9.59 Å². The summed E-state index contributed by atoms with van der Waals surface area (Å²) in [7, 11) is 1.40. The number of carbonyl (C=O) groups excluding carboxylic acids is 2. The van der Waals surface area contributed by atoms with Gasteiger partial charge in [-0.1, -0.05) is 6.07 Å². The Kier molecular flexibility index (Phi) is 3.97. The number of amides is 2. The van der Waals surface area contributed by atoms with Gasteiger partial charge in [-0.15, -0.1) is 0 Å². The van der Waals surface area contributed by atoms with Crippen molar-refractivity contribution < 1.29 is 23.9 Å². The lowest BCUT2D eigenvalue weighted by Crippen LogP contribution is -2.34. The number of hydrazone groups is 1.